The molecule has 0 spiro atoms. The summed E-state index contributed by atoms with van der Waals surface area (Å²) in [5.41, 5.74) is 1.77. The van der Waals surface area contributed by atoms with Crippen molar-refractivity contribution >= 4 is 21.8 Å². The van der Waals surface area contributed by atoms with Crippen LogP contribution in [0, 0.1) is 0 Å². The second kappa shape index (κ2) is 9.21. The van der Waals surface area contributed by atoms with E-state index < -0.39 is 11.5 Å². The first-order chi connectivity index (χ1) is 13.5. The molecule has 0 saturated carbocycles. The van der Waals surface area contributed by atoms with Crippen LogP contribution in [0.5, 0.6) is 0 Å². The summed E-state index contributed by atoms with van der Waals surface area (Å²) in [4.78, 5) is 15.2. The van der Waals surface area contributed by atoms with E-state index in [1.54, 1.807) is 0 Å². The third kappa shape index (κ3) is 4.48. The number of hydrogen-bond acceptors (Lipinski definition) is 3. The monoisotopic (exact) mass is 445 g/mol. The van der Waals surface area contributed by atoms with Crippen LogP contribution < -0.4 is 0 Å². The molecule has 3 atom stereocenters. The standard InChI is InChI=1S/C23H28BrNO3/c1-2-21(17-8-10-19(24)11-9-17)25-13-12-23(15-22(25)28,14-20(27)16-26)18-6-4-3-5-7-18/h3-11,20-21,26-27H,2,12-16H2,1H3/t20-,21+,23-/m1/s1. The first-order valence-electron chi connectivity index (χ1n) is 9.88. The summed E-state index contributed by atoms with van der Waals surface area (Å²) in [6.45, 7) is 2.46. The molecule has 1 aliphatic heterocycles. The number of benzene rings is 2. The number of carbonyl (C=O) groups excluding carboxylic acids is 1. The zero-order valence-electron chi connectivity index (χ0n) is 16.2. The average molecular weight is 446 g/mol. The number of likely N-dealkylation sites (tertiary alicyclic amines) is 1. The number of nitrogens with zero attached hydrogens (tertiary/aromatic N) is 1. The van der Waals surface area contributed by atoms with Crippen LogP contribution in [-0.2, 0) is 10.2 Å². The van der Waals surface area contributed by atoms with Crippen LogP contribution in [0.3, 0.4) is 0 Å². The third-order valence-electron chi connectivity index (χ3n) is 5.88. The first kappa shape index (κ1) is 21.0. The van der Waals surface area contributed by atoms with Crippen molar-refractivity contribution in [3.63, 3.8) is 0 Å². The van der Waals surface area contributed by atoms with Gasteiger partial charge in [-0.3, -0.25) is 4.79 Å². The molecule has 4 nitrogen and oxygen atoms in total. The van der Waals surface area contributed by atoms with E-state index in [1.165, 1.54) is 0 Å². The highest BCUT2D eigenvalue weighted by molar-refractivity contribution is 9.10. The van der Waals surface area contributed by atoms with Gasteiger partial charge in [-0.15, -0.1) is 0 Å². The fourth-order valence-electron chi connectivity index (χ4n) is 4.43. The lowest BCUT2D eigenvalue weighted by molar-refractivity contribution is -0.139. The van der Waals surface area contributed by atoms with Gasteiger partial charge in [0.05, 0.1) is 18.8 Å². The first-order valence-corrected chi connectivity index (χ1v) is 10.7. The van der Waals surface area contributed by atoms with Crippen LogP contribution in [0.2, 0.25) is 0 Å². The zero-order valence-corrected chi connectivity index (χ0v) is 17.8. The normalized spacial score (nSPS) is 22.1. The molecule has 1 amide bonds. The van der Waals surface area contributed by atoms with Gasteiger partial charge >= 0.3 is 0 Å². The zero-order chi connectivity index (χ0) is 20.1. The lowest BCUT2D eigenvalue weighted by atomic mass is 9.68. The number of hydrogen-bond donors (Lipinski definition) is 2. The Kier molecular flexibility index (Phi) is 6.91. The van der Waals surface area contributed by atoms with Gasteiger partial charge in [0.1, 0.15) is 0 Å². The fourth-order valence-corrected chi connectivity index (χ4v) is 4.70. The number of aliphatic hydroxyl groups excluding tert-OH is 2. The molecule has 0 aliphatic carbocycles. The molecule has 0 bridgehead atoms. The van der Waals surface area contributed by atoms with Crippen molar-refractivity contribution in [2.75, 3.05) is 13.2 Å². The molecule has 0 radical (unpaired) electrons. The van der Waals surface area contributed by atoms with Crippen LogP contribution in [0.1, 0.15) is 49.8 Å². The Morgan fingerprint density at radius 2 is 1.82 bits per heavy atom. The van der Waals surface area contributed by atoms with Crippen LogP contribution in [-0.4, -0.2) is 40.3 Å². The van der Waals surface area contributed by atoms with Crippen LogP contribution in [0.4, 0.5) is 0 Å². The van der Waals surface area contributed by atoms with Crippen LogP contribution in [0.15, 0.2) is 59.1 Å². The number of rotatable bonds is 7. The number of carbonyl (C=O) groups is 1. The van der Waals surface area contributed by atoms with Crippen molar-refractivity contribution in [3.8, 4) is 0 Å². The Morgan fingerprint density at radius 3 is 2.39 bits per heavy atom. The summed E-state index contributed by atoms with van der Waals surface area (Å²) in [6, 6.07) is 18.2. The van der Waals surface area contributed by atoms with Gasteiger partial charge in [-0.05, 0) is 42.5 Å². The average Bonchev–Trinajstić information content (AvgIpc) is 2.72. The van der Waals surface area contributed by atoms with E-state index in [9.17, 15) is 15.0 Å². The highest BCUT2D eigenvalue weighted by Crippen LogP contribution is 2.42. The summed E-state index contributed by atoms with van der Waals surface area (Å²) in [7, 11) is 0. The van der Waals surface area contributed by atoms with Crippen molar-refractivity contribution in [2.45, 2.75) is 50.2 Å². The lowest BCUT2D eigenvalue weighted by Crippen LogP contribution is -2.49. The minimum absolute atomic E-state index is 0.0529. The molecule has 5 heteroatoms. The van der Waals surface area contributed by atoms with E-state index in [0.717, 1.165) is 28.4 Å². The Balaban J connectivity index is 1.86. The smallest absolute Gasteiger partial charge is 0.223 e. The van der Waals surface area contributed by atoms with Gasteiger partial charge < -0.3 is 15.1 Å². The predicted octanol–water partition coefficient (Wildman–Crippen LogP) is 4.20. The van der Waals surface area contributed by atoms with E-state index in [-0.39, 0.29) is 18.6 Å². The summed E-state index contributed by atoms with van der Waals surface area (Å²) in [6.07, 6.45) is 1.54. The molecule has 28 heavy (non-hydrogen) atoms. The molecule has 1 aliphatic rings. The topological polar surface area (TPSA) is 60.8 Å². The molecular formula is C23H28BrNO3. The molecule has 1 saturated heterocycles. The molecule has 2 N–H and O–H groups in total. The molecule has 2 aromatic rings. The SMILES string of the molecule is CC[C@@H](c1ccc(Br)cc1)N1CC[C@](C[C@@H](O)CO)(c2ccccc2)CC1=O. The largest absolute Gasteiger partial charge is 0.394 e. The lowest BCUT2D eigenvalue weighted by Gasteiger charge is -2.45. The minimum Gasteiger partial charge on any atom is -0.394 e. The van der Waals surface area contributed by atoms with Crippen molar-refractivity contribution in [2.24, 2.45) is 0 Å². The van der Waals surface area contributed by atoms with E-state index in [0.29, 0.717) is 19.4 Å². The van der Waals surface area contributed by atoms with Gasteiger partial charge in [0.2, 0.25) is 5.91 Å². The summed E-state index contributed by atoms with van der Waals surface area (Å²) < 4.78 is 1.03. The maximum absolute atomic E-state index is 13.3. The van der Waals surface area contributed by atoms with E-state index in [2.05, 4.69) is 35.0 Å². The van der Waals surface area contributed by atoms with Crippen molar-refractivity contribution in [1.29, 1.82) is 0 Å². The Hall–Kier alpha value is -1.69. The molecule has 1 fully saturated rings. The maximum atomic E-state index is 13.3. The quantitative estimate of drug-likeness (QED) is 0.670. The summed E-state index contributed by atoms with van der Waals surface area (Å²) in [5, 5.41) is 19.6. The van der Waals surface area contributed by atoms with Gasteiger partial charge in [0.25, 0.3) is 0 Å². The maximum Gasteiger partial charge on any atom is 0.223 e. The van der Waals surface area contributed by atoms with Gasteiger partial charge in [0.15, 0.2) is 0 Å². The van der Waals surface area contributed by atoms with Gasteiger partial charge in [-0.1, -0.05) is 65.3 Å². The molecule has 150 valence electrons. The molecule has 2 aromatic carbocycles. The van der Waals surface area contributed by atoms with E-state index in [1.807, 2.05) is 47.4 Å². The minimum atomic E-state index is -0.826. The summed E-state index contributed by atoms with van der Waals surface area (Å²) in [5.74, 6) is 0.106. The predicted molar refractivity (Wildman–Crippen MR) is 114 cm³/mol. The highest BCUT2D eigenvalue weighted by atomic mass is 79.9. The Morgan fingerprint density at radius 1 is 1.14 bits per heavy atom. The van der Waals surface area contributed by atoms with E-state index >= 15 is 0 Å². The Bertz CT molecular complexity index is 780. The third-order valence-corrected chi connectivity index (χ3v) is 6.41. The summed E-state index contributed by atoms with van der Waals surface area (Å²) >= 11 is 3.47. The second-order valence-electron chi connectivity index (χ2n) is 7.68. The molecule has 3 rings (SSSR count). The highest BCUT2D eigenvalue weighted by Gasteiger charge is 2.43. The van der Waals surface area contributed by atoms with Crippen LogP contribution in [0.25, 0.3) is 0 Å². The number of piperidine rings is 1. The van der Waals surface area contributed by atoms with Gasteiger partial charge in [-0.25, -0.2) is 0 Å². The van der Waals surface area contributed by atoms with E-state index in [4.69, 9.17) is 0 Å². The van der Waals surface area contributed by atoms with Crippen molar-refractivity contribution in [1.82, 2.24) is 4.90 Å². The van der Waals surface area contributed by atoms with Gasteiger partial charge in [-0.2, -0.15) is 0 Å². The number of amides is 1. The number of aliphatic hydroxyl groups is 2. The molecule has 0 unspecified atom stereocenters. The fraction of sp³-hybridized carbons (Fsp3) is 0.435. The molecule has 1 heterocycles. The number of halogens is 1. The van der Waals surface area contributed by atoms with Crippen molar-refractivity contribution in [3.05, 3.63) is 70.2 Å². The molecular weight excluding hydrogens is 418 g/mol. The van der Waals surface area contributed by atoms with Crippen LogP contribution >= 0.6 is 15.9 Å². The molecule has 0 aromatic heterocycles. The Labute approximate surface area is 175 Å². The second-order valence-corrected chi connectivity index (χ2v) is 8.59. The van der Waals surface area contributed by atoms with Gasteiger partial charge in [0, 0.05) is 22.9 Å². The van der Waals surface area contributed by atoms with Crippen molar-refractivity contribution < 1.29 is 15.0 Å².